The SMILES string of the molecule is CC1Oc2cc(-c3ccc(Cn4ccnc4)cc3)ccc2NC1=O. The molecule has 5 nitrogen and oxygen atoms in total. The van der Waals surface area contributed by atoms with E-state index in [1.807, 2.05) is 35.3 Å². The molecule has 3 aromatic rings. The summed E-state index contributed by atoms with van der Waals surface area (Å²) in [5.74, 6) is 0.598. The number of fused-ring (bicyclic) bond motifs is 1. The van der Waals surface area contributed by atoms with Gasteiger partial charge >= 0.3 is 0 Å². The van der Waals surface area contributed by atoms with Crippen molar-refractivity contribution in [1.29, 1.82) is 0 Å². The van der Waals surface area contributed by atoms with E-state index in [-0.39, 0.29) is 5.91 Å². The van der Waals surface area contributed by atoms with Crippen molar-refractivity contribution in [3.63, 3.8) is 0 Å². The van der Waals surface area contributed by atoms with Crippen LogP contribution < -0.4 is 10.1 Å². The smallest absolute Gasteiger partial charge is 0.265 e. The van der Waals surface area contributed by atoms with Gasteiger partial charge in [0.05, 0.1) is 12.0 Å². The molecule has 1 aliphatic rings. The van der Waals surface area contributed by atoms with Crippen molar-refractivity contribution in [3.8, 4) is 16.9 Å². The summed E-state index contributed by atoms with van der Waals surface area (Å²) in [6.45, 7) is 2.55. The number of aromatic nitrogens is 2. The molecule has 0 bridgehead atoms. The number of amides is 1. The standard InChI is InChI=1S/C19H17N3O2/c1-13-19(23)21-17-7-6-16(10-18(17)24-13)15-4-2-14(3-5-15)11-22-9-8-20-12-22/h2-10,12-13H,11H2,1H3,(H,21,23). The predicted molar refractivity (Wildman–Crippen MR) is 91.9 cm³/mol. The van der Waals surface area contributed by atoms with Gasteiger partial charge in [-0.05, 0) is 35.7 Å². The lowest BCUT2D eigenvalue weighted by Crippen LogP contribution is -2.34. The van der Waals surface area contributed by atoms with E-state index in [4.69, 9.17) is 4.74 Å². The van der Waals surface area contributed by atoms with Gasteiger partial charge in [0.1, 0.15) is 5.75 Å². The number of ether oxygens (including phenoxy) is 1. The quantitative estimate of drug-likeness (QED) is 0.806. The maximum atomic E-state index is 11.6. The van der Waals surface area contributed by atoms with Crippen molar-refractivity contribution in [2.75, 3.05) is 5.32 Å². The van der Waals surface area contributed by atoms with Crippen molar-refractivity contribution in [2.45, 2.75) is 19.6 Å². The van der Waals surface area contributed by atoms with Crippen molar-refractivity contribution >= 4 is 11.6 Å². The molecule has 1 aliphatic heterocycles. The number of imidazole rings is 1. The van der Waals surface area contributed by atoms with Crippen LogP contribution in [0.2, 0.25) is 0 Å². The first kappa shape index (κ1) is 14.5. The molecule has 5 heteroatoms. The van der Waals surface area contributed by atoms with Crippen LogP contribution >= 0.6 is 0 Å². The molecule has 1 atom stereocenters. The molecule has 0 saturated heterocycles. The van der Waals surface area contributed by atoms with E-state index in [1.165, 1.54) is 5.56 Å². The van der Waals surface area contributed by atoms with Gasteiger partial charge in [-0.1, -0.05) is 30.3 Å². The lowest BCUT2D eigenvalue weighted by Gasteiger charge is -2.23. The fourth-order valence-electron chi connectivity index (χ4n) is 2.77. The van der Waals surface area contributed by atoms with Gasteiger partial charge in [0.25, 0.3) is 5.91 Å². The summed E-state index contributed by atoms with van der Waals surface area (Å²) in [6.07, 6.45) is 5.07. The molecule has 2 aromatic carbocycles. The number of nitrogens with zero attached hydrogens (tertiary/aromatic N) is 2. The van der Waals surface area contributed by atoms with Crippen LogP contribution in [0, 0.1) is 0 Å². The van der Waals surface area contributed by atoms with Crippen molar-refractivity contribution in [3.05, 3.63) is 66.7 Å². The molecule has 0 spiro atoms. The summed E-state index contributed by atoms with van der Waals surface area (Å²) in [4.78, 5) is 15.7. The Morgan fingerprint density at radius 1 is 1.17 bits per heavy atom. The molecule has 1 amide bonds. The van der Waals surface area contributed by atoms with Crippen molar-refractivity contribution in [2.24, 2.45) is 0 Å². The minimum atomic E-state index is -0.467. The van der Waals surface area contributed by atoms with Crippen molar-refractivity contribution in [1.82, 2.24) is 9.55 Å². The average molecular weight is 319 g/mol. The van der Waals surface area contributed by atoms with E-state index in [2.05, 4.69) is 34.6 Å². The summed E-state index contributed by atoms with van der Waals surface area (Å²) in [6, 6.07) is 14.3. The van der Waals surface area contributed by atoms with Crippen LogP contribution in [0.5, 0.6) is 5.75 Å². The number of hydrogen-bond donors (Lipinski definition) is 1. The number of hydrogen-bond acceptors (Lipinski definition) is 3. The number of anilines is 1. The first-order chi connectivity index (χ1) is 11.7. The molecule has 2 heterocycles. The Kier molecular flexibility index (Phi) is 3.54. The maximum absolute atomic E-state index is 11.6. The Bertz CT molecular complexity index is 870. The Morgan fingerprint density at radius 2 is 1.96 bits per heavy atom. The number of nitrogens with one attached hydrogen (secondary N) is 1. The first-order valence-corrected chi connectivity index (χ1v) is 7.86. The lowest BCUT2D eigenvalue weighted by molar-refractivity contribution is -0.122. The highest BCUT2D eigenvalue weighted by atomic mass is 16.5. The zero-order valence-electron chi connectivity index (χ0n) is 13.3. The van der Waals surface area contributed by atoms with Crippen LogP contribution in [0.1, 0.15) is 12.5 Å². The Hall–Kier alpha value is -3.08. The highest BCUT2D eigenvalue weighted by molar-refractivity contribution is 5.97. The number of rotatable bonds is 3. The normalized spacial score (nSPS) is 16.2. The molecular formula is C19H17N3O2. The van der Waals surface area contributed by atoms with Crippen LogP contribution in [0.4, 0.5) is 5.69 Å². The van der Waals surface area contributed by atoms with Crippen LogP contribution in [0.25, 0.3) is 11.1 Å². The second kappa shape index (κ2) is 5.85. The second-order valence-electron chi connectivity index (χ2n) is 5.89. The van der Waals surface area contributed by atoms with E-state index >= 15 is 0 Å². The molecule has 24 heavy (non-hydrogen) atoms. The highest BCUT2D eigenvalue weighted by Crippen LogP contribution is 2.34. The average Bonchev–Trinajstić information content (AvgIpc) is 3.09. The van der Waals surface area contributed by atoms with Gasteiger partial charge in [-0.3, -0.25) is 4.79 Å². The van der Waals surface area contributed by atoms with Crippen LogP contribution in [-0.4, -0.2) is 21.6 Å². The third kappa shape index (κ3) is 2.76. The largest absolute Gasteiger partial charge is 0.479 e. The van der Waals surface area contributed by atoms with Crippen LogP contribution in [0.3, 0.4) is 0 Å². The zero-order chi connectivity index (χ0) is 16.5. The Morgan fingerprint density at radius 3 is 2.71 bits per heavy atom. The maximum Gasteiger partial charge on any atom is 0.265 e. The first-order valence-electron chi connectivity index (χ1n) is 7.86. The zero-order valence-corrected chi connectivity index (χ0v) is 13.3. The third-order valence-corrected chi connectivity index (χ3v) is 4.12. The molecule has 0 fully saturated rings. The number of carbonyl (C=O) groups excluding carboxylic acids is 1. The van der Waals surface area contributed by atoms with E-state index in [0.717, 1.165) is 23.4 Å². The summed E-state index contributed by atoms with van der Waals surface area (Å²) in [5, 5.41) is 2.85. The summed E-state index contributed by atoms with van der Waals surface area (Å²) >= 11 is 0. The van der Waals surface area contributed by atoms with Gasteiger partial charge in [-0.25, -0.2) is 4.98 Å². The monoisotopic (exact) mass is 319 g/mol. The number of benzene rings is 2. The molecule has 0 aliphatic carbocycles. The highest BCUT2D eigenvalue weighted by Gasteiger charge is 2.23. The molecule has 0 radical (unpaired) electrons. The summed E-state index contributed by atoms with van der Waals surface area (Å²) in [7, 11) is 0. The van der Waals surface area contributed by atoms with E-state index in [9.17, 15) is 4.79 Å². The van der Waals surface area contributed by atoms with Gasteiger partial charge in [-0.15, -0.1) is 0 Å². The van der Waals surface area contributed by atoms with Gasteiger partial charge in [0, 0.05) is 18.9 Å². The van der Waals surface area contributed by atoms with E-state index in [1.54, 1.807) is 13.1 Å². The topological polar surface area (TPSA) is 56.1 Å². The van der Waals surface area contributed by atoms with Crippen LogP contribution in [-0.2, 0) is 11.3 Å². The summed E-state index contributed by atoms with van der Waals surface area (Å²) < 4.78 is 7.71. The summed E-state index contributed by atoms with van der Waals surface area (Å²) in [5.41, 5.74) is 4.11. The second-order valence-corrected chi connectivity index (χ2v) is 5.89. The Balaban J connectivity index is 1.58. The third-order valence-electron chi connectivity index (χ3n) is 4.12. The number of carbonyl (C=O) groups is 1. The van der Waals surface area contributed by atoms with E-state index in [0.29, 0.717) is 5.75 Å². The van der Waals surface area contributed by atoms with Crippen molar-refractivity contribution < 1.29 is 9.53 Å². The lowest BCUT2D eigenvalue weighted by atomic mass is 10.0. The van der Waals surface area contributed by atoms with Gasteiger partial charge in [0.2, 0.25) is 0 Å². The molecule has 0 saturated carbocycles. The molecule has 1 aromatic heterocycles. The fourth-order valence-corrected chi connectivity index (χ4v) is 2.77. The predicted octanol–water partition coefficient (Wildman–Crippen LogP) is 3.32. The minimum Gasteiger partial charge on any atom is -0.479 e. The molecule has 1 unspecified atom stereocenters. The van der Waals surface area contributed by atoms with Crippen LogP contribution in [0.15, 0.2) is 61.2 Å². The fraction of sp³-hybridized carbons (Fsp3) is 0.158. The molecular weight excluding hydrogens is 302 g/mol. The van der Waals surface area contributed by atoms with E-state index < -0.39 is 6.10 Å². The Labute approximate surface area is 139 Å². The molecule has 120 valence electrons. The van der Waals surface area contributed by atoms with Gasteiger partial charge in [0.15, 0.2) is 6.10 Å². The molecule has 1 N–H and O–H groups in total. The molecule has 4 rings (SSSR count). The van der Waals surface area contributed by atoms with Gasteiger partial charge < -0.3 is 14.6 Å². The van der Waals surface area contributed by atoms with Gasteiger partial charge in [-0.2, -0.15) is 0 Å². The minimum absolute atomic E-state index is 0.112.